The molecule has 2 aromatic rings. The van der Waals surface area contributed by atoms with Gasteiger partial charge in [0.05, 0.1) is 25.0 Å². The molecule has 168 valence electrons. The van der Waals surface area contributed by atoms with Crippen LogP contribution in [0.1, 0.15) is 53.8 Å². The molecule has 1 unspecified atom stereocenters. The first-order valence-electron chi connectivity index (χ1n) is 10.7. The molecule has 2 rings (SSSR count). The third-order valence-electron chi connectivity index (χ3n) is 5.05. The van der Waals surface area contributed by atoms with E-state index >= 15 is 0 Å². The predicted molar refractivity (Wildman–Crippen MR) is 125 cm³/mol. The van der Waals surface area contributed by atoms with Crippen LogP contribution in [0.4, 0.5) is 0 Å². The van der Waals surface area contributed by atoms with Crippen LogP contribution in [-0.4, -0.2) is 47.5 Å². The van der Waals surface area contributed by atoms with Crippen LogP contribution in [0.15, 0.2) is 36.0 Å². The molecule has 0 aliphatic heterocycles. The van der Waals surface area contributed by atoms with Crippen LogP contribution < -0.4 is 4.74 Å². The zero-order valence-electron chi connectivity index (χ0n) is 19.2. The molecule has 2 N–H and O–H groups in total. The lowest BCUT2D eigenvalue weighted by molar-refractivity contribution is 0.0531. The van der Waals surface area contributed by atoms with E-state index in [1.807, 2.05) is 39.0 Å². The Balaban J connectivity index is 2.33. The number of aliphatic imine (C=N–C) groups is 1. The molecule has 0 spiro atoms. The average Bonchev–Trinajstić information content (AvgIpc) is 2.77. The second-order valence-electron chi connectivity index (χ2n) is 7.59. The first kappa shape index (κ1) is 24.6. The molecule has 0 fully saturated rings. The smallest absolute Gasteiger partial charge is 0.222 e. The summed E-state index contributed by atoms with van der Waals surface area (Å²) in [5.74, 6) is 1.18. The number of aryl methyl sites for hydroxylation is 4. The van der Waals surface area contributed by atoms with Crippen LogP contribution in [0.5, 0.6) is 5.75 Å². The van der Waals surface area contributed by atoms with Gasteiger partial charge >= 0.3 is 0 Å². The summed E-state index contributed by atoms with van der Waals surface area (Å²) in [6.07, 6.45) is 3.62. The van der Waals surface area contributed by atoms with E-state index in [1.54, 1.807) is 13.3 Å². The largest absolute Gasteiger partial charge is 0.490 e. The van der Waals surface area contributed by atoms with E-state index in [0.717, 1.165) is 52.8 Å². The fourth-order valence-corrected chi connectivity index (χ4v) is 3.35. The number of benzene rings is 1. The minimum atomic E-state index is -0.909. The Kier molecular flexibility index (Phi) is 9.21. The lowest BCUT2D eigenvalue weighted by Crippen LogP contribution is -2.22. The fraction of sp³-hybridized carbons (Fsp3) is 0.440. The molecule has 0 bridgehead atoms. The number of hydrogen-bond acceptors (Lipinski definition) is 6. The summed E-state index contributed by atoms with van der Waals surface area (Å²) in [5, 5.41) is 18.6. The molecule has 31 heavy (non-hydrogen) atoms. The topological polar surface area (TPSA) is 84.2 Å². The van der Waals surface area contributed by atoms with Crippen LogP contribution in [0, 0.1) is 13.8 Å². The van der Waals surface area contributed by atoms with Gasteiger partial charge in [-0.1, -0.05) is 26.8 Å². The molecule has 1 aromatic carbocycles. The van der Waals surface area contributed by atoms with E-state index in [2.05, 4.69) is 23.5 Å². The van der Waals surface area contributed by atoms with E-state index in [-0.39, 0.29) is 13.2 Å². The van der Waals surface area contributed by atoms with Gasteiger partial charge in [0.2, 0.25) is 5.90 Å². The van der Waals surface area contributed by atoms with Crippen molar-refractivity contribution in [3.63, 3.8) is 0 Å². The summed E-state index contributed by atoms with van der Waals surface area (Å²) in [5.41, 5.74) is 6.36. The highest BCUT2D eigenvalue weighted by atomic mass is 16.5. The molecule has 0 aliphatic carbocycles. The van der Waals surface area contributed by atoms with Gasteiger partial charge in [0.1, 0.15) is 18.5 Å². The van der Waals surface area contributed by atoms with Crippen LogP contribution >= 0.6 is 0 Å². The van der Waals surface area contributed by atoms with E-state index in [1.165, 1.54) is 0 Å². The number of aliphatic hydroxyl groups excluding tert-OH is 2. The zero-order valence-corrected chi connectivity index (χ0v) is 19.2. The predicted octanol–water partition coefficient (Wildman–Crippen LogP) is 4.01. The Morgan fingerprint density at radius 2 is 1.87 bits per heavy atom. The lowest BCUT2D eigenvalue weighted by atomic mass is 10.0. The molecule has 0 radical (unpaired) electrons. The van der Waals surface area contributed by atoms with Crippen molar-refractivity contribution in [2.75, 3.05) is 20.3 Å². The van der Waals surface area contributed by atoms with Crippen molar-refractivity contribution in [1.82, 2.24) is 4.98 Å². The van der Waals surface area contributed by atoms with Gasteiger partial charge in [0.15, 0.2) is 0 Å². The van der Waals surface area contributed by atoms with Crippen molar-refractivity contribution in [2.24, 2.45) is 4.99 Å². The molecule has 6 heteroatoms. The van der Waals surface area contributed by atoms with E-state index < -0.39 is 6.10 Å². The highest BCUT2D eigenvalue weighted by Gasteiger charge is 2.14. The minimum Gasteiger partial charge on any atom is -0.490 e. The van der Waals surface area contributed by atoms with Crippen molar-refractivity contribution in [1.29, 1.82) is 0 Å². The van der Waals surface area contributed by atoms with Crippen molar-refractivity contribution >= 4 is 11.6 Å². The monoisotopic (exact) mass is 426 g/mol. The molecule has 6 nitrogen and oxygen atoms in total. The molecule has 1 aromatic heterocycles. The van der Waals surface area contributed by atoms with Crippen molar-refractivity contribution in [2.45, 2.75) is 53.1 Å². The maximum Gasteiger partial charge on any atom is 0.222 e. The lowest BCUT2D eigenvalue weighted by Gasteiger charge is -2.17. The highest BCUT2D eigenvalue weighted by molar-refractivity contribution is 5.97. The Bertz CT molecular complexity index is 937. The second kappa shape index (κ2) is 11.6. The Morgan fingerprint density at radius 3 is 2.45 bits per heavy atom. The number of hydrogen-bond donors (Lipinski definition) is 2. The van der Waals surface area contributed by atoms with E-state index in [4.69, 9.17) is 14.6 Å². The van der Waals surface area contributed by atoms with Gasteiger partial charge in [-0.3, -0.25) is 4.98 Å². The quantitative estimate of drug-likeness (QED) is 0.443. The van der Waals surface area contributed by atoms with E-state index in [0.29, 0.717) is 17.3 Å². The molecule has 0 aliphatic rings. The van der Waals surface area contributed by atoms with Gasteiger partial charge < -0.3 is 19.7 Å². The van der Waals surface area contributed by atoms with Crippen molar-refractivity contribution in [3.05, 3.63) is 64.5 Å². The Labute approximate surface area is 185 Å². The standard InChI is InChI=1S/C25H34N2O4/c1-7-9-23-16(3)10-21(13-26-23)25(30-6)27-18(5)20-11-17(4)24(19(8-2)12-20)31-15-22(29)14-28/h10-13,22,28-29H,5,7-9,14-15H2,1-4,6H3. The van der Waals surface area contributed by atoms with Gasteiger partial charge in [0, 0.05) is 17.5 Å². The maximum atomic E-state index is 9.59. The van der Waals surface area contributed by atoms with Gasteiger partial charge in [-0.05, 0) is 61.6 Å². The maximum absolute atomic E-state index is 9.59. The van der Waals surface area contributed by atoms with E-state index in [9.17, 15) is 5.11 Å². The SMILES string of the molecule is C=C(N=C(OC)c1cnc(CCC)c(C)c1)c1cc(C)c(OCC(O)CO)c(CC)c1. The summed E-state index contributed by atoms with van der Waals surface area (Å²) < 4.78 is 11.3. The number of nitrogens with zero attached hydrogens (tertiary/aromatic N) is 2. The molecular formula is C25H34N2O4. The zero-order chi connectivity index (χ0) is 23.0. The first-order valence-corrected chi connectivity index (χ1v) is 10.7. The summed E-state index contributed by atoms with van der Waals surface area (Å²) >= 11 is 0. The van der Waals surface area contributed by atoms with Crippen molar-refractivity contribution in [3.8, 4) is 5.75 Å². The normalized spacial score (nSPS) is 12.5. The molecule has 0 saturated heterocycles. The van der Waals surface area contributed by atoms with Crippen LogP contribution in [-0.2, 0) is 17.6 Å². The van der Waals surface area contributed by atoms with Crippen LogP contribution in [0.2, 0.25) is 0 Å². The summed E-state index contributed by atoms with van der Waals surface area (Å²) in [7, 11) is 1.59. The second-order valence-corrected chi connectivity index (χ2v) is 7.59. The Hall–Kier alpha value is -2.70. The van der Waals surface area contributed by atoms with Gasteiger partial charge in [-0.15, -0.1) is 0 Å². The Morgan fingerprint density at radius 1 is 1.16 bits per heavy atom. The summed E-state index contributed by atoms with van der Waals surface area (Å²) in [6.45, 7) is 12.0. The molecule has 0 amide bonds. The first-order chi connectivity index (χ1) is 14.8. The summed E-state index contributed by atoms with van der Waals surface area (Å²) in [6, 6.07) is 5.98. The summed E-state index contributed by atoms with van der Waals surface area (Å²) in [4.78, 5) is 9.20. The van der Waals surface area contributed by atoms with Gasteiger partial charge in [0.25, 0.3) is 0 Å². The number of aliphatic hydroxyl groups is 2. The van der Waals surface area contributed by atoms with Crippen LogP contribution in [0.3, 0.4) is 0 Å². The number of pyridine rings is 1. The minimum absolute atomic E-state index is 0.0387. The molecule has 1 heterocycles. The highest BCUT2D eigenvalue weighted by Crippen LogP contribution is 2.29. The number of ether oxygens (including phenoxy) is 2. The van der Waals surface area contributed by atoms with Crippen LogP contribution in [0.25, 0.3) is 5.70 Å². The molecular weight excluding hydrogens is 392 g/mol. The van der Waals surface area contributed by atoms with Gasteiger partial charge in [-0.25, -0.2) is 4.99 Å². The number of rotatable bonds is 10. The number of methoxy groups -OCH3 is 1. The van der Waals surface area contributed by atoms with Gasteiger partial charge in [-0.2, -0.15) is 0 Å². The molecule has 0 saturated carbocycles. The third kappa shape index (κ3) is 6.39. The fourth-order valence-electron chi connectivity index (χ4n) is 3.35. The van der Waals surface area contributed by atoms with Crippen molar-refractivity contribution < 1.29 is 19.7 Å². The third-order valence-corrected chi connectivity index (χ3v) is 5.05. The number of aromatic nitrogens is 1. The average molecular weight is 427 g/mol. The molecule has 1 atom stereocenters.